The summed E-state index contributed by atoms with van der Waals surface area (Å²) in [5.74, 6) is -1.94. The Morgan fingerprint density at radius 3 is 2.69 bits per heavy atom. The summed E-state index contributed by atoms with van der Waals surface area (Å²) >= 11 is 2.72. The Hall–Kier alpha value is -3.17. The monoisotopic (exact) mass is 471 g/mol. The van der Waals surface area contributed by atoms with Crippen molar-refractivity contribution in [3.8, 4) is 0 Å². The van der Waals surface area contributed by atoms with Crippen LogP contribution in [-0.2, 0) is 11.3 Å². The molecule has 32 heavy (non-hydrogen) atoms. The number of nitrogens with one attached hydrogen (secondary N) is 2. The van der Waals surface area contributed by atoms with Crippen LogP contribution < -0.4 is 10.6 Å². The van der Waals surface area contributed by atoms with Crippen molar-refractivity contribution in [2.75, 3.05) is 17.6 Å². The number of thiophene rings is 1. The van der Waals surface area contributed by atoms with Gasteiger partial charge in [-0.2, -0.15) is 0 Å². The highest BCUT2D eigenvalue weighted by Gasteiger charge is 2.13. The maximum absolute atomic E-state index is 13.8. The Morgan fingerprint density at radius 2 is 1.91 bits per heavy atom. The number of hydrogen-bond acceptors (Lipinski definition) is 4. The molecule has 2 N–H and O–H groups in total. The number of hydrogen-bond donors (Lipinski definition) is 2. The number of halogens is 2. The third-order valence-corrected chi connectivity index (χ3v) is 6.61. The molecule has 2 aromatic carbocycles. The molecule has 0 unspecified atom stereocenters. The van der Waals surface area contributed by atoms with Crippen LogP contribution in [0.1, 0.15) is 9.67 Å². The number of carbonyl (C=O) groups excluding carboxylic acids is 2. The van der Waals surface area contributed by atoms with Gasteiger partial charge >= 0.3 is 0 Å². The maximum Gasteiger partial charge on any atom is 0.261 e. The van der Waals surface area contributed by atoms with Crippen LogP contribution in [0.5, 0.6) is 0 Å². The molecule has 4 rings (SSSR count). The highest BCUT2D eigenvalue weighted by molar-refractivity contribution is 8.00. The van der Waals surface area contributed by atoms with E-state index < -0.39 is 11.6 Å². The van der Waals surface area contributed by atoms with Gasteiger partial charge in [-0.3, -0.25) is 9.59 Å². The van der Waals surface area contributed by atoms with Gasteiger partial charge in [-0.25, -0.2) is 8.78 Å². The van der Waals surface area contributed by atoms with Crippen LogP contribution in [0.4, 0.5) is 14.5 Å². The first kappa shape index (κ1) is 22.0. The summed E-state index contributed by atoms with van der Waals surface area (Å²) in [6.45, 7) is 1.04. The van der Waals surface area contributed by atoms with E-state index in [2.05, 4.69) is 10.6 Å². The number of aromatic nitrogens is 1. The Kier molecular flexibility index (Phi) is 6.87. The Bertz CT molecular complexity index is 1260. The molecule has 0 saturated carbocycles. The molecule has 0 spiro atoms. The number of nitrogens with zero attached hydrogens (tertiary/aromatic N) is 1. The van der Waals surface area contributed by atoms with Gasteiger partial charge in [0, 0.05) is 41.2 Å². The fourth-order valence-corrected chi connectivity index (χ4v) is 4.75. The van der Waals surface area contributed by atoms with Crippen LogP contribution in [0.25, 0.3) is 10.9 Å². The molecule has 0 aliphatic carbocycles. The lowest BCUT2D eigenvalue weighted by Crippen LogP contribution is -2.26. The van der Waals surface area contributed by atoms with Crippen LogP contribution in [0.15, 0.2) is 71.1 Å². The summed E-state index contributed by atoms with van der Waals surface area (Å²) in [4.78, 5) is 26.0. The van der Waals surface area contributed by atoms with E-state index in [1.807, 2.05) is 46.5 Å². The van der Waals surface area contributed by atoms with Crippen LogP contribution in [-0.4, -0.2) is 28.7 Å². The Labute approximate surface area is 191 Å². The molecule has 2 aromatic heterocycles. The van der Waals surface area contributed by atoms with Crippen molar-refractivity contribution in [3.63, 3.8) is 0 Å². The van der Waals surface area contributed by atoms with E-state index in [0.29, 0.717) is 18.0 Å². The zero-order valence-electron chi connectivity index (χ0n) is 16.8. The second-order valence-corrected chi connectivity index (χ2v) is 8.86. The summed E-state index contributed by atoms with van der Waals surface area (Å²) < 4.78 is 28.8. The van der Waals surface area contributed by atoms with Crippen LogP contribution in [0.3, 0.4) is 0 Å². The van der Waals surface area contributed by atoms with E-state index in [1.165, 1.54) is 29.2 Å². The second kappa shape index (κ2) is 9.97. The number of anilines is 1. The zero-order chi connectivity index (χ0) is 22.5. The average molecular weight is 472 g/mol. The topological polar surface area (TPSA) is 63.1 Å². The minimum atomic E-state index is -0.815. The van der Waals surface area contributed by atoms with Gasteiger partial charge in [0.05, 0.1) is 16.3 Å². The summed E-state index contributed by atoms with van der Waals surface area (Å²) in [5, 5.41) is 8.23. The van der Waals surface area contributed by atoms with Gasteiger partial charge in [0.1, 0.15) is 11.6 Å². The zero-order valence-corrected chi connectivity index (χ0v) is 18.4. The molecule has 4 aromatic rings. The molecule has 2 heterocycles. The smallest absolute Gasteiger partial charge is 0.261 e. The quantitative estimate of drug-likeness (QED) is 0.350. The van der Waals surface area contributed by atoms with Gasteiger partial charge in [0.25, 0.3) is 5.91 Å². The lowest BCUT2D eigenvalue weighted by atomic mass is 10.2. The van der Waals surface area contributed by atoms with Gasteiger partial charge in [0.2, 0.25) is 5.91 Å². The second-order valence-electron chi connectivity index (χ2n) is 6.90. The lowest BCUT2D eigenvalue weighted by Gasteiger charge is -2.06. The standard InChI is InChI=1S/C23H19F2N3O2S2/c24-15-7-8-18(17(25)12-15)27-22(29)14-32-21-13-28(19-5-2-1-4-16(19)21)10-9-26-23(30)20-6-3-11-31-20/h1-8,11-13H,9-10,14H2,(H,26,30)(H,27,29). The van der Waals surface area contributed by atoms with Crippen LogP contribution in [0.2, 0.25) is 0 Å². The molecule has 0 aliphatic rings. The average Bonchev–Trinajstić information content (AvgIpc) is 3.43. The van der Waals surface area contributed by atoms with Crippen molar-refractivity contribution in [1.82, 2.24) is 9.88 Å². The van der Waals surface area contributed by atoms with E-state index in [0.717, 1.165) is 27.9 Å². The number of thioether (sulfide) groups is 1. The van der Waals surface area contributed by atoms with Crippen molar-refractivity contribution in [3.05, 3.63) is 82.7 Å². The Morgan fingerprint density at radius 1 is 1.06 bits per heavy atom. The molecular weight excluding hydrogens is 452 g/mol. The third kappa shape index (κ3) is 5.17. The SMILES string of the molecule is O=C(CSc1cn(CCNC(=O)c2cccs2)c2ccccc12)Nc1ccc(F)cc1F. The van der Waals surface area contributed by atoms with Crippen molar-refractivity contribution >= 4 is 51.5 Å². The van der Waals surface area contributed by atoms with Gasteiger partial charge in [-0.1, -0.05) is 24.3 Å². The number of amides is 2. The van der Waals surface area contributed by atoms with Crippen molar-refractivity contribution in [2.24, 2.45) is 0 Å². The number of benzene rings is 2. The molecule has 0 saturated heterocycles. The predicted octanol–water partition coefficient (Wildman–Crippen LogP) is 5.14. The third-order valence-electron chi connectivity index (χ3n) is 4.70. The van der Waals surface area contributed by atoms with E-state index in [4.69, 9.17) is 0 Å². The summed E-state index contributed by atoms with van der Waals surface area (Å²) in [5.41, 5.74) is 0.936. The van der Waals surface area contributed by atoms with E-state index >= 15 is 0 Å². The molecule has 0 atom stereocenters. The molecule has 0 fully saturated rings. The number of para-hydroxylation sites is 1. The largest absolute Gasteiger partial charge is 0.350 e. The first-order chi connectivity index (χ1) is 15.5. The van der Waals surface area contributed by atoms with Crippen molar-refractivity contribution in [1.29, 1.82) is 0 Å². The molecule has 0 bridgehead atoms. The number of carbonyl (C=O) groups is 2. The molecule has 164 valence electrons. The number of fused-ring (bicyclic) bond motifs is 1. The molecule has 9 heteroatoms. The summed E-state index contributed by atoms with van der Waals surface area (Å²) in [7, 11) is 0. The van der Waals surface area contributed by atoms with Crippen molar-refractivity contribution in [2.45, 2.75) is 11.4 Å². The first-order valence-corrected chi connectivity index (χ1v) is 11.6. The fraction of sp³-hybridized carbons (Fsp3) is 0.130. The minimum absolute atomic E-state index is 0.0547. The van der Waals surface area contributed by atoms with Gasteiger partial charge in [0.15, 0.2) is 0 Å². The molecular formula is C23H19F2N3O2S2. The summed E-state index contributed by atoms with van der Waals surface area (Å²) in [6, 6.07) is 14.4. The van der Waals surface area contributed by atoms with Crippen LogP contribution in [0, 0.1) is 11.6 Å². The van der Waals surface area contributed by atoms with Gasteiger partial charge < -0.3 is 15.2 Å². The van der Waals surface area contributed by atoms with E-state index in [1.54, 1.807) is 6.07 Å². The Balaban J connectivity index is 1.39. The normalized spacial score (nSPS) is 10.9. The van der Waals surface area contributed by atoms with Gasteiger partial charge in [-0.15, -0.1) is 23.1 Å². The highest BCUT2D eigenvalue weighted by atomic mass is 32.2. The van der Waals surface area contributed by atoms with Crippen LogP contribution >= 0.6 is 23.1 Å². The van der Waals surface area contributed by atoms with Crippen molar-refractivity contribution < 1.29 is 18.4 Å². The van der Waals surface area contributed by atoms with E-state index in [-0.39, 0.29) is 23.3 Å². The predicted molar refractivity (Wildman–Crippen MR) is 124 cm³/mol. The highest BCUT2D eigenvalue weighted by Crippen LogP contribution is 2.30. The minimum Gasteiger partial charge on any atom is -0.350 e. The van der Waals surface area contributed by atoms with E-state index in [9.17, 15) is 18.4 Å². The summed E-state index contributed by atoms with van der Waals surface area (Å²) in [6.07, 6.45) is 1.94. The lowest BCUT2D eigenvalue weighted by molar-refractivity contribution is -0.113. The number of rotatable bonds is 8. The fourth-order valence-electron chi connectivity index (χ4n) is 3.22. The molecule has 2 amide bonds. The van der Waals surface area contributed by atoms with Gasteiger partial charge in [-0.05, 0) is 29.6 Å². The first-order valence-electron chi connectivity index (χ1n) is 9.78. The molecule has 0 radical (unpaired) electrons. The maximum atomic E-state index is 13.8. The molecule has 0 aliphatic heterocycles. The molecule has 5 nitrogen and oxygen atoms in total.